The van der Waals surface area contributed by atoms with E-state index < -0.39 is 0 Å². The van der Waals surface area contributed by atoms with Gasteiger partial charge in [-0.2, -0.15) is 0 Å². The van der Waals surface area contributed by atoms with E-state index in [0.717, 1.165) is 29.7 Å². The molecule has 0 aromatic heterocycles. The van der Waals surface area contributed by atoms with Gasteiger partial charge in [-0.05, 0) is 66.4 Å². The molecule has 0 radical (unpaired) electrons. The second-order valence-corrected chi connectivity index (χ2v) is 8.08. The Morgan fingerprint density at radius 2 is 1.42 bits per heavy atom. The van der Waals surface area contributed by atoms with Gasteiger partial charge in [0.1, 0.15) is 11.5 Å². The molecule has 1 aliphatic rings. The number of carbonyl (C=O) groups excluding carboxylic acids is 2. The number of rotatable bonds is 6. The molecule has 2 amide bonds. The van der Waals surface area contributed by atoms with E-state index in [1.165, 1.54) is 0 Å². The Labute approximate surface area is 194 Å². The highest BCUT2D eigenvalue weighted by molar-refractivity contribution is 5.95. The minimum Gasteiger partial charge on any atom is -0.497 e. The summed E-state index contributed by atoms with van der Waals surface area (Å²) in [7, 11) is 3.23. The number of methoxy groups -OCH3 is 2. The molecule has 0 unspecified atom stereocenters. The van der Waals surface area contributed by atoms with Crippen molar-refractivity contribution in [3.8, 4) is 22.6 Å². The van der Waals surface area contributed by atoms with Crippen molar-refractivity contribution in [2.45, 2.75) is 18.9 Å². The van der Waals surface area contributed by atoms with Crippen LogP contribution in [0.3, 0.4) is 0 Å². The van der Waals surface area contributed by atoms with Crippen molar-refractivity contribution in [2.75, 3.05) is 27.3 Å². The van der Waals surface area contributed by atoms with E-state index in [9.17, 15) is 9.59 Å². The topological polar surface area (TPSA) is 67.9 Å². The highest BCUT2D eigenvalue weighted by Crippen LogP contribution is 2.25. The van der Waals surface area contributed by atoms with Gasteiger partial charge in [-0.25, -0.2) is 0 Å². The maximum atomic E-state index is 13.0. The summed E-state index contributed by atoms with van der Waals surface area (Å²) in [6.45, 7) is 1.22. The molecule has 1 aliphatic heterocycles. The van der Waals surface area contributed by atoms with Gasteiger partial charge >= 0.3 is 0 Å². The van der Waals surface area contributed by atoms with Gasteiger partial charge in [0.2, 0.25) is 0 Å². The molecule has 0 saturated carbocycles. The first-order chi connectivity index (χ1) is 16.1. The zero-order valence-electron chi connectivity index (χ0n) is 18.9. The second kappa shape index (κ2) is 10.2. The predicted octanol–water partition coefficient (Wildman–Crippen LogP) is 4.41. The number of amides is 2. The average molecular weight is 445 g/mol. The van der Waals surface area contributed by atoms with Crippen molar-refractivity contribution in [1.82, 2.24) is 10.2 Å². The van der Waals surface area contributed by atoms with E-state index in [-0.39, 0.29) is 17.9 Å². The number of nitrogens with one attached hydrogen (secondary N) is 1. The van der Waals surface area contributed by atoms with E-state index >= 15 is 0 Å². The Kier molecular flexibility index (Phi) is 6.93. The van der Waals surface area contributed by atoms with Gasteiger partial charge in [0.15, 0.2) is 0 Å². The largest absolute Gasteiger partial charge is 0.497 e. The lowest BCUT2D eigenvalue weighted by molar-refractivity contribution is 0.0698. The molecule has 6 heteroatoms. The predicted molar refractivity (Wildman–Crippen MR) is 128 cm³/mol. The van der Waals surface area contributed by atoms with Crippen molar-refractivity contribution in [3.63, 3.8) is 0 Å². The van der Waals surface area contributed by atoms with Gasteiger partial charge in [-0.15, -0.1) is 0 Å². The van der Waals surface area contributed by atoms with Crippen LogP contribution < -0.4 is 14.8 Å². The fourth-order valence-electron chi connectivity index (χ4n) is 4.05. The molecule has 0 aliphatic carbocycles. The van der Waals surface area contributed by atoms with E-state index in [1.807, 2.05) is 59.5 Å². The Morgan fingerprint density at radius 1 is 0.788 bits per heavy atom. The first-order valence-corrected chi connectivity index (χ1v) is 11.1. The van der Waals surface area contributed by atoms with Gasteiger partial charge in [-0.3, -0.25) is 9.59 Å². The zero-order valence-corrected chi connectivity index (χ0v) is 18.9. The number of piperidine rings is 1. The van der Waals surface area contributed by atoms with Crippen LogP contribution in [0.15, 0.2) is 72.8 Å². The highest BCUT2D eigenvalue weighted by atomic mass is 16.5. The van der Waals surface area contributed by atoms with Crippen molar-refractivity contribution in [3.05, 3.63) is 83.9 Å². The zero-order chi connectivity index (χ0) is 23.2. The molecule has 3 aromatic rings. The number of ether oxygens (including phenoxy) is 2. The molecule has 1 saturated heterocycles. The number of benzene rings is 3. The molecule has 3 aromatic carbocycles. The fourth-order valence-corrected chi connectivity index (χ4v) is 4.05. The van der Waals surface area contributed by atoms with Crippen molar-refractivity contribution in [1.29, 1.82) is 0 Å². The van der Waals surface area contributed by atoms with Gasteiger partial charge < -0.3 is 19.7 Å². The summed E-state index contributed by atoms with van der Waals surface area (Å²) in [6.07, 6.45) is 1.45. The van der Waals surface area contributed by atoms with Crippen LogP contribution in [0.1, 0.15) is 33.6 Å². The van der Waals surface area contributed by atoms with Crippen LogP contribution in [0.5, 0.6) is 11.5 Å². The lowest BCUT2D eigenvalue weighted by Crippen LogP contribution is -2.46. The molecule has 0 atom stereocenters. The van der Waals surface area contributed by atoms with Crippen molar-refractivity contribution in [2.24, 2.45) is 0 Å². The maximum absolute atomic E-state index is 13.0. The highest BCUT2D eigenvalue weighted by Gasteiger charge is 2.25. The van der Waals surface area contributed by atoms with Crippen LogP contribution in [0.25, 0.3) is 11.1 Å². The summed E-state index contributed by atoms with van der Waals surface area (Å²) in [5.41, 5.74) is 3.31. The Hall–Kier alpha value is -3.80. The summed E-state index contributed by atoms with van der Waals surface area (Å²) < 4.78 is 10.5. The van der Waals surface area contributed by atoms with Crippen LogP contribution in [0.2, 0.25) is 0 Å². The lowest BCUT2D eigenvalue weighted by atomic mass is 10.0. The molecule has 6 nitrogen and oxygen atoms in total. The summed E-state index contributed by atoms with van der Waals surface area (Å²) in [4.78, 5) is 27.4. The monoisotopic (exact) mass is 444 g/mol. The van der Waals surface area contributed by atoms with Crippen LogP contribution in [-0.4, -0.2) is 50.1 Å². The molecule has 4 rings (SSSR count). The summed E-state index contributed by atoms with van der Waals surface area (Å²) >= 11 is 0. The SMILES string of the molecule is COc1cccc(C(=O)NC2CCN(C(=O)c3ccc(-c4cccc(OC)c4)cc3)CC2)c1. The minimum absolute atomic E-state index is 0.0183. The van der Waals surface area contributed by atoms with Crippen LogP contribution >= 0.6 is 0 Å². The van der Waals surface area contributed by atoms with Crippen LogP contribution in [0.4, 0.5) is 0 Å². The number of hydrogen-bond donors (Lipinski definition) is 1. The van der Waals surface area contributed by atoms with Crippen molar-refractivity contribution < 1.29 is 19.1 Å². The van der Waals surface area contributed by atoms with E-state index in [0.29, 0.717) is 30.0 Å². The van der Waals surface area contributed by atoms with Gasteiger partial charge in [0.05, 0.1) is 14.2 Å². The van der Waals surface area contributed by atoms with Gasteiger partial charge in [-0.1, -0.05) is 30.3 Å². The second-order valence-electron chi connectivity index (χ2n) is 8.08. The van der Waals surface area contributed by atoms with Crippen molar-refractivity contribution >= 4 is 11.8 Å². The van der Waals surface area contributed by atoms with Crippen LogP contribution in [-0.2, 0) is 0 Å². The maximum Gasteiger partial charge on any atom is 0.253 e. The normalized spacial score (nSPS) is 13.9. The molecule has 1 fully saturated rings. The molecule has 0 spiro atoms. The molecule has 170 valence electrons. The molecule has 1 heterocycles. The van der Waals surface area contributed by atoms with Gasteiger partial charge in [0.25, 0.3) is 11.8 Å². The smallest absolute Gasteiger partial charge is 0.253 e. The molecular weight excluding hydrogens is 416 g/mol. The number of nitrogens with zero attached hydrogens (tertiary/aromatic N) is 1. The Morgan fingerprint density at radius 3 is 2.09 bits per heavy atom. The number of carbonyl (C=O) groups is 2. The molecule has 0 bridgehead atoms. The van der Waals surface area contributed by atoms with E-state index in [1.54, 1.807) is 32.4 Å². The lowest BCUT2D eigenvalue weighted by Gasteiger charge is -2.32. The quantitative estimate of drug-likeness (QED) is 0.612. The van der Waals surface area contributed by atoms with E-state index in [2.05, 4.69) is 5.32 Å². The third-order valence-corrected chi connectivity index (χ3v) is 5.98. The third kappa shape index (κ3) is 5.34. The fraction of sp³-hybridized carbons (Fsp3) is 0.259. The van der Waals surface area contributed by atoms with Crippen LogP contribution in [0, 0.1) is 0 Å². The average Bonchev–Trinajstić information content (AvgIpc) is 2.89. The Bertz CT molecular complexity index is 1120. The molecular formula is C27H28N2O4. The first-order valence-electron chi connectivity index (χ1n) is 11.1. The molecule has 33 heavy (non-hydrogen) atoms. The minimum atomic E-state index is -0.119. The summed E-state index contributed by atoms with van der Waals surface area (Å²) in [6, 6.07) is 22.7. The standard InChI is InChI=1S/C27H28N2O4/c1-32-24-7-3-5-21(17-24)19-9-11-20(12-10-19)27(31)29-15-13-23(14-16-29)28-26(30)22-6-4-8-25(18-22)33-2/h3-12,17-18,23H,13-16H2,1-2H3,(H,28,30). The third-order valence-electron chi connectivity index (χ3n) is 5.98. The first kappa shape index (κ1) is 22.4. The Balaban J connectivity index is 1.33. The molecule has 1 N–H and O–H groups in total. The number of likely N-dealkylation sites (tertiary alicyclic amines) is 1. The van der Waals surface area contributed by atoms with Gasteiger partial charge in [0, 0.05) is 30.3 Å². The summed E-state index contributed by atoms with van der Waals surface area (Å²) in [5.74, 6) is 1.35. The summed E-state index contributed by atoms with van der Waals surface area (Å²) in [5, 5.41) is 3.08. The van der Waals surface area contributed by atoms with E-state index in [4.69, 9.17) is 9.47 Å². The number of hydrogen-bond acceptors (Lipinski definition) is 4.